The highest BCUT2D eigenvalue weighted by atomic mass is 32.2. The normalized spacial score (nSPS) is 13.6. The maximum absolute atomic E-state index is 12.4. The SMILES string of the molecule is O=C(Cn1nc(C2CC2)ccc1=O)Nc1ccc(S(=O)(=O)Nc2ncccn2)cc1. The molecule has 1 aromatic carbocycles. The minimum absolute atomic E-state index is 0.0111. The maximum atomic E-state index is 12.4. The van der Waals surface area contributed by atoms with Gasteiger partial charge in [-0.3, -0.25) is 9.59 Å². The first-order valence-corrected chi connectivity index (χ1v) is 10.7. The van der Waals surface area contributed by atoms with Crippen LogP contribution >= 0.6 is 0 Å². The zero-order chi connectivity index (χ0) is 21.1. The monoisotopic (exact) mass is 426 g/mol. The molecule has 1 fully saturated rings. The summed E-state index contributed by atoms with van der Waals surface area (Å²) in [5, 5.41) is 6.88. The van der Waals surface area contributed by atoms with Gasteiger partial charge in [-0.25, -0.2) is 27.8 Å². The van der Waals surface area contributed by atoms with Crippen LogP contribution in [0.4, 0.5) is 11.6 Å². The average molecular weight is 426 g/mol. The molecule has 1 aliphatic rings. The van der Waals surface area contributed by atoms with E-state index in [1.807, 2.05) is 0 Å². The second kappa shape index (κ2) is 8.03. The highest BCUT2D eigenvalue weighted by molar-refractivity contribution is 7.92. The summed E-state index contributed by atoms with van der Waals surface area (Å²) in [6, 6.07) is 10.3. The summed E-state index contributed by atoms with van der Waals surface area (Å²) < 4.78 is 28.2. The largest absolute Gasteiger partial charge is 0.324 e. The van der Waals surface area contributed by atoms with Crippen LogP contribution in [-0.2, 0) is 21.4 Å². The van der Waals surface area contributed by atoms with Crippen LogP contribution in [0.25, 0.3) is 0 Å². The van der Waals surface area contributed by atoms with Gasteiger partial charge in [0.15, 0.2) is 0 Å². The van der Waals surface area contributed by atoms with Gasteiger partial charge in [-0.1, -0.05) is 0 Å². The lowest BCUT2D eigenvalue weighted by Gasteiger charge is -2.09. The van der Waals surface area contributed by atoms with Crippen molar-refractivity contribution in [1.29, 1.82) is 0 Å². The molecule has 1 saturated carbocycles. The Kier molecular flexibility index (Phi) is 5.27. The predicted molar refractivity (Wildman–Crippen MR) is 108 cm³/mol. The van der Waals surface area contributed by atoms with Crippen LogP contribution in [0, 0.1) is 0 Å². The van der Waals surface area contributed by atoms with Gasteiger partial charge >= 0.3 is 0 Å². The number of amides is 1. The number of hydrogen-bond acceptors (Lipinski definition) is 7. The fraction of sp³-hybridized carbons (Fsp3) is 0.211. The molecule has 0 aliphatic heterocycles. The van der Waals surface area contributed by atoms with Crippen molar-refractivity contribution in [3.8, 4) is 0 Å². The first-order valence-electron chi connectivity index (χ1n) is 9.18. The number of carbonyl (C=O) groups is 1. The van der Waals surface area contributed by atoms with Crippen molar-refractivity contribution < 1.29 is 13.2 Å². The summed E-state index contributed by atoms with van der Waals surface area (Å²) in [4.78, 5) is 31.9. The Morgan fingerprint density at radius 2 is 1.77 bits per heavy atom. The van der Waals surface area contributed by atoms with E-state index in [2.05, 4.69) is 25.1 Å². The van der Waals surface area contributed by atoms with Crippen molar-refractivity contribution in [3.05, 3.63) is 70.9 Å². The van der Waals surface area contributed by atoms with Crippen molar-refractivity contribution in [2.24, 2.45) is 0 Å². The average Bonchev–Trinajstić information content (AvgIpc) is 3.56. The highest BCUT2D eigenvalue weighted by Crippen LogP contribution is 2.38. The quantitative estimate of drug-likeness (QED) is 0.582. The van der Waals surface area contributed by atoms with E-state index in [9.17, 15) is 18.0 Å². The number of carbonyl (C=O) groups excluding carboxylic acids is 1. The standard InChI is InChI=1S/C19H18N6O4S/c26-17(12-25-18(27)9-8-16(23-25)13-2-3-13)22-14-4-6-15(7-5-14)30(28,29)24-19-20-10-1-11-21-19/h1,4-11,13H,2-3,12H2,(H,22,26)(H,20,21,24). The zero-order valence-corrected chi connectivity index (χ0v) is 16.5. The van der Waals surface area contributed by atoms with Crippen LogP contribution in [-0.4, -0.2) is 34.1 Å². The first-order chi connectivity index (χ1) is 14.4. The summed E-state index contributed by atoms with van der Waals surface area (Å²) in [5.41, 5.74) is 0.846. The lowest BCUT2D eigenvalue weighted by Crippen LogP contribution is -2.29. The van der Waals surface area contributed by atoms with Crippen molar-refractivity contribution in [3.63, 3.8) is 0 Å². The zero-order valence-electron chi connectivity index (χ0n) is 15.7. The van der Waals surface area contributed by atoms with Crippen molar-refractivity contribution in [2.45, 2.75) is 30.2 Å². The Bertz CT molecular complexity index is 1220. The van der Waals surface area contributed by atoms with Gasteiger partial charge < -0.3 is 5.32 Å². The molecule has 4 rings (SSSR count). The van der Waals surface area contributed by atoms with Gasteiger partial charge in [-0.15, -0.1) is 0 Å². The number of anilines is 2. The topological polar surface area (TPSA) is 136 Å². The minimum Gasteiger partial charge on any atom is -0.324 e. The molecule has 2 N–H and O–H groups in total. The smallest absolute Gasteiger partial charge is 0.267 e. The summed E-state index contributed by atoms with van der Waals surface area (Å²) in [7, 11) is -3.86. The van der Waals surface area contributed by atoms with Gasteiger partial charge in [-0.2, -0.15) is 5.10 Å². The van der Waals surface area contributed by atoms with E-state index in [1.165, 1.54) is 42.7 Å². The third kappa shape index (κ3) is 4.69. The Labute approximate surface area is 172 Å². The van der Waals surface area contributed by atoms with Crippen LogP contribution in [0.5, 0.6) is 0 Å². The number of hydrogen-bond donors (Lipinski definition) is 2. The van der Waals surface area contributed by atoms with Gasteiger partial charge in [0.05, 0.1) is 10.6 Å². The second-order valence-electron chi connectivity index (χ2n) is 6.78. The molecular weight excluding hydrogens is 408 g/mol. The van der Waals surface area contributed by atoms with Crippen LogP contribution in [0.2, 0.25) is 0 Å². The minimum atomic E-state index is -3.86. The molecule has 154 valence electrons. The molecule has 0 atom stereocenters. The number of nitrogens with zero attached hydrogens (tertiary/aromatic N) is 4. The molecule has 0 unspecified atom stereocenters. The van der Waals surface area contributed by atoms with Crippen LogP contribution in [0.1, 0.15) is 24.5 Å². The summed E-state index contributed by atoms with van der Waals surface area (Å²) in [6.07, 6.45) is 4.92. The lowest BCUT2D eigenvalue weighted by molar-refractivity contribution is -0.117. The van der Waals surface area contributed by atoms with E-state index < -0.39 is 15.9 Å². The number of nitrogens with one attached hydrogen (secondary N) is 2. The van der Waals surface area contributed by atoms with Gasteiger partial charge in [0.2, 0.25) is 11.9 Å². The molecule has 2 aromatic heterocycles. The second-order valence-corrected chi connectivity index (χ2v) is 8.46. The maximum Gasteiger partial charge on any atom is 0.267 e. The molecule has 11 heteroatoms. The Balaban J connectivity index is 1.41. The molecule has 10 nitrogen and oxygen atoms in total. The van der Waals surface area contributed by atoms with E-state index >= 15 is 0 Å². The fourth-order valence-electron chi connectivity index (χ4n) is 2.76. The highest BCUT2D eigenvalue weighted by Gasteiger charge is 2.25. The Hall–Kier alpha value is -3.60. The molecule has 1 amide bonds. The van der Waals surface area contributed by atoms with E-state index in [-0.39, 0.29) is 22.9 Å². The van der Waals surface area contributed by atoms with Crippen LogP contribution < -0.4 is 15.6 Å². The van der Waals surface area contributed by atoms with Gasteiger partial charge in [-0.05, 0) is 49.2 Å². The van der Waals surface area contributed by atoms with E-state index in [0.29, 0.717) is 11.6 Å². The first kappa shape index (κ1) is 19.7. The van der Waals surface area contributed by atoms with E-state index in [4.69, 9.17) is 0 Å². The Morgan fingerprint density at radius 1 is 1.07 bits per heavy atom. The summed E-state index contributed by atoms with van der Waals surface area (Å²) >= 11 is 0. The number of rotatable bonds is 7. The van der Waals surface area contributed by atoms with Gasteiger partial charge in [0.1, 0.15) is 6.54 Å². The molecular formula is C19H18N6O4S. The van der Waals surface area contributed by atoms with E-state index in [1.54, 1.807) is 12.1 Å². The molecule has 30 heavy (non-hydrogen) atoms. The van der Waals surface area contributed by atoms with Crippen molar-refractivity contribution in [1.82, 2.24) is 19.7 Å². The molecule has 0 spiro atoms. The number of sulfonamides is 1. The molecule has 3 aromatic rings. The fourth-order valence-corrected chi connectivity index (χ4v) is 3.72. The number of aromatic nitrogens is 4. The third-order valence-corrected chi connectivity index (χ3v) is 5.76. The van der Waals surface area contributed by atoms with Crippen LogP contribution in [0.3, 0.4) is 0 Å². The Morgan fingerprint density at radius 3 is 2.43 bits per heavy atom. The molecule has 1 aliphatic carbocycles. The molecule has 2 heterocycles. The molecule has 0 radical (unpaired) electrons. The van der Waals surface area contributed by atoms with Gasteiger partial charge in [0.25, 0.3) is 15.6 Å². The van der Waals surface area contributed by atoms with E-state index in [0.717, 1.165) is 23.2 Å². The summed E-state index contributed by atoms with van der Waals surface area (Å²) in [6.45, 7) is -0.230. The van der Waals surface area contributed by atoms with Crippen molar-refractivity contribution >= 4 is 27.6 Å². The molecule has 0 bridgehead atoms. The van der Waals surface area contributed by atoms with Crippen molar-refractivity contribution in [2.75, 3.05) is 10.0 Å². The van der Waals surface area contributed by atoms with Gasteiger partial charge in [0, 0.05) is 30.1 Å². The molecule has 0 saturated heterocycles. The van der Waals surface area contributed by atoms with Crippen LogP contribution in [0.15, 0.2) is 64.5 Å². The predicted octanol–water partition coefficient (Wildman–Crippen LogP) is 1.35. The third-order valence-electron chi connectivity index (χ3n) is 4.42. The summed E-state index contributed by atoms with van der Waals surface area (Å²) in [5.74, 6) is -0.116. The lowest BCUT2D eigenvalue weighted by atomic mass is 10.3. The number of benzene rings is 1.